The fourth-order valence-corrected chi connectivity index (χ4v) is 3.01. The molecule has 0 radical (unpaired) electrons. The smallest absolute Gasteiger partial charge is 0.231 e. The van der Waals surface area contributed by atoms with Gasteiger partial charge >= 0.3 is 0 Å². The lowest BCUT2D eigenvalue weighted by Gasteiger charge is -2.25. The van der Waals surface area contributed by atoms with Crippen LogP contribution >= 0.6 is 0 Å². The van der Waals surface area contributed by atoms with Crippen LogP contribution in [0.15, 0.2) is 49.1 Å². The van der Waals surface area contributed by atoms with E-state index in [9.17, 15) is 5.11 Å². The van der Waals surface area contributed by atoms with Crippen LogP contribution in [0.5, 0.6) is 17.2 Å². The van der Waals surface area contributed by atoms with Gasteiger partial charge in [0, 0.05) is 24.2 Å². The van der Waals surface area contributed by atoms with Crippen molar-refractivity contribution in [1.82, 2.24) is 19.7 Å². The Morgan fingerprint density at radius 3 is 2.62 bits per heavy atom. The first-order chi connectivity index (χ1) is 12.6. The summed E-state index contributed by atoms with van der Waals surface area (Å²) < 4.78 is 12.4. The summed E-state index contributed by atoms with van der Waals surface area (Å²) in [6.07, 6.45) is 3.19. The lowest BCUT2D eigenvalue weighted by molar-refractivity contribution is 0.173. The highest BCUT2D eigenvalue weighted by Crippen LogP contribution is 2.38. The first-order valence-electron chi connectivity index (χ1n) is 8.38. The van der Waals surface area contributed by atoms with Crippen LogP contribution in [-0.2, 0) is 6.54 Å². The predicted molar refractivity (Wildman–Crippen MR) is 95.5 cm³/mol. The summed E-state index contributed by atoms with van der Waals surface area (Å²) in [5.41, 5.74) is 2.95. The van der Waals surface area contributed by atoms with Crippen molar-refractivity contribution in [1.29, 1.82) is 0 Å². The molecule has 0 aliphatic carbocycles. The molecule has 0 fully saturated rings. The Labute approximate surface area is 151 Å². The SMILES string of the molecule is C[C@@H](c1ccc(-n2cncn2)cc1)N(C)Cc1cc2c(cc1O)OCO2. The predicted octanol–water partition coefficient (Wildman–Crippen LogP) is 2.89. The van der Waals surface area contributed by atoms with Crippen LogP contribution in [0.1, 0.15) is 24.1 Å². The van der Waals surface area contributed by atoms with E-state index in [1.165, 1.54) is 11.9 Å². The van der Waals surface area contributed by atoms with Crippen LogP contribution < -0.4 is 9.47 Å². The number of hydrogen-bond acceptors (Lipinski definition) is 6. The van der Waals surface area contributed by atoms with Crippen molar-refractivity contribution < 1.29 is 14.6 Å². The van der Waals surface area contributed by atoms with Crippen molar-refractivity contribution in [2.24, 2.45) is 0 Å². The lowest BCUT2D eigenvalue weighted by Crippen LogP contribution is -2.22. The molecule has 26 heavy (non-hydrogen) atoms. The second-order valence-electron chi connectivity index (χ2n) is 6.36. The zero-order valence-corrected chi connectivity index (χ0v) is 14.7. The molecule has 0 unspecified atom stereocenters. The molecule has 1 N–H and O–H groups in total. The van der Waals surface area contributed by atoms with E-state index in [0.29, 0.717) is 18.0 Å². The monoisotopic (exact) mass is 352 g/mol. The highest BCUT2D eigenvalue weighted by atomic mass is 16.7. The maximum Gasteiger partial charge on any atom is 0.231 e. The van der Waals surface area contributed by atoms with Crippen LogP contribution in [-0.4, -0.2) is 38.6 Å². The van der Waals surface area contributed by atoms with Crippen LogP contribution in [0.4, 0.5) is 0 Å². The molecule has 1 atom stereocenters. The molecule has 1 aromatic heterocycles. The molecular formula is C19H20N4O3. The summed E-state index contributed by atoms with van der Waals surface area (Å²) >= 11 is 0. The summed E-state index contributed by atoms with van der Waals surface area (Å²) in [6.45, 7) is 2.92. The Morgan fingerprint density at radius 1 is 1.19 bits per heavy atom. The number of aromatic nitrogens is 3. The van der Waals surface area contributed by atoms with E-state index in [2.05, 4.69) is 34.0 Å². The van der Waals surface area contributed by atoms with E-state index in [1.54, 1.807) is 17.1 Å². The third-order valence-electron chi connectivity index (χ3n) is 4.71. The van der Waals surface area contributed by atoms with E-state index in [-0.39, 0.29) is 18.6 Å². The average molecular weight is 352 g/mol. The van der Waals surface area contributed by atoms with Gasteiger partial charge in [0.2, 0.25) is 6.79 Å². The van der Waals surface area contributed by atoms with Gasteiger partial charge in [-0.25, -0.2) is 9.67 Å². The maximum atomic E-state index is 10.2. The number of phenolic OH excluding ortho intramolecular Hbond substituents is 1. The fraction of sp³-hybridized carbons (Fsp3) is 0.263. The number of hydrogen-bond donors (Lipinski definition) is 1. The second kappa shape index (κ2) is 6.68. The molecule has 1 aliphatic rings. The van der Waals surface area contributed by atoms with E-state index in [4.69, 9.17) is 9.47 Å². The van der Waals surface area contributed by atoms with Crippen molar-refractivity contribution in [2.45, 2.75) is 19.5 Å². The summed E-state index contributed by atoms with van der Waals surface area (Å²) in [6, 6.07) is 11.8. The van der Waals surface area contributed by atoms with Gasteiger partial charge in [0.25, 0.3) is 0 Å². The molecule has 0 amide bonds. The Balaban J connectivity index is 1.49. The quantitative estimate of drug-likeness (QED) is 0.761. The van der Waals surface area contributed by atoms with Crippen LogP contribution in [0.2, 0.25) is 0 Å². The number of rotatable bonds is 5. The van der Waals surface area contributed by atoms with Gasteiger partial charge in [-0.05, 0) is 37.7 Å². The number of ether oxygens (including phenoxy) is 2. The second-order valence-corrected chi connectivity index (χ2v) is 6.36. The summed E-state index contributed by atoms with van der Waals surface area (Å²) in [5, 5.41) is 14.4. The molecule has 0 spiro atoms. The molecule has 4 rings (SSSR count). The summed E-state index contributed by atoms with van der Waals surface area (Å²) in [5.74, 6) is 1.48. The molecule has 0 saturated heterocycles. The number of aromatic hydroxyl groups is 1. The van der Waals surface area contributed by atoms with Gasteiger partial charge < -0.3 is 14.6 Å². The standard InChI is InChI=1S/C19H20N4O3/c1-13(14-3-5-16(6-4-14)23-11-20-10-21-23)22(2)9-15-7-18-19(8-17(15)24)26-12-25-18/h3-8,10-11,13,24H,9,12H2,1-2H3/t13-/m0/s1. The number of nitrogens with zero attached hydrogens (tertiary/aromatic N) is 4. The minimum atomic E-state index is 0.171. The molecule has 7 heteroatoms. The van der Waals surface area contributed by atoms with Crippen molar-refractivity contribution in [3.63, 3.8) is 0 Å². The molecular weight excluding hydrogens is 332 g/mol. The van der Waals surface area contributed by atoms with Gasteiger partial charge in [0.05, 0.1) is 5.69 Å². The zero-order chi connectivity index (χ0) is 18.1. The zero-order valence-electron chi connectivity index (χ0n) is 14.7. The van der Waals surface area contributed by atoms with Gasteiger partial charge in [0.15, 0.2) is 11.5 Å². The van der Waals surface area contributed by atoms with Crippen molar-refractivity contribution in [3.05, 3.63) is 60.2 Å². The summed E-state index contributed by atoms with van der Waals surface area (Å²) in [7, 11) is 2.03. The van der Waals surface area contributed by atoms with Gasteiger partial charge in [-0.3, -0.25) is 4.90 Å². The van der Waals surface area contributed by atoms with E-state index in [1.807, 2.05) is 25.2 Å². The van der Waals surface area contributed by atoms with Gasteiger partial charge in [-0.1, -0.05) is 12.1 Å². The molecule has 2 aromatic carbocycles. The molecule has 3 aromatic rings. The Bertz CT molecular complexity index is 894. The van der Waals surface area contributed by atoms with Gasteiger partial charge in [-0.2, -0.15) is 5.10 Å². The van der Waals surface area contributed by atoms with Crippen LogP contribution in [0.25, 0.3) is 5.69 Å². The van der Waals surface area contributed by atoms with E-state index in [0.717, 1.165) is 11.3 Å². The third kappa shape index (κ3) is 3.09. The van der Waals surface area contributed by atoms with Crippen LogP contribution in [0.3, 0.4) is 0 Å². The van der Waals surface area contributed by atoms with E-state index < -0.39 is 0 Å². The maximum absolute atomic E-state index is 10.2. The van der Waals surface area contributed by atoms with Crippen molar-refractivity contribution in [3.8, 4) is 22.9 Å². The molecule has 1 aliphatic heterocycles. The van der Waals surface area contributed by atoms with Crippen LogP contribution in [0, 0.1) is 0 Å². The number of benzene rings is 2. The Kier molecular flexibility index (Phi) is 4.22. The topological polar surface area (TPSA) is 72.6 Å². The van der Waals surface area contributed by atoms with Gasteiger partial charge in [0.1, 0.15) is 18.4 Å². The normalized spacial score (nSPS) is 14.0. The third-order valence-corrected chi connectivity index (χ3v) is 4.71. The number of fused-ring (bicyclic) bond motifs is 1. The van der Waals surface area contributed by atoms with Crippen molar-refractivity contribution >= 4 is 0 Å². The largest absolute Gasteiger partial charge is 0.507 e. The Morgan fingerprint density at radius 2 is 1.92 bits per heavy atom. The van der Waals surface area contributed by atoms with Crippen molar-refractivity contribution in [2.75, 3.05) is 13.8 Å². The first kappa shape index (κ1) is 16.4. The Hall–Kier alpha value is -3.06. The summed E-state index contributed by atoms with van der Waals surface area (Å²) in [4.78, 5) is 6.13. The lowest BCUT2D eigenvalue weighted by atomic mass is 10.1. The molecule has 0 bridgehead atoms. The first-order valence-corrected chi connectivity index (χ1v) is 8.38. The molecule has 2 heterocycles. The van der Waals surface area contributed by atoms with Gasteiger partial charge in [-0.15, -0.1) is 0 Å². The minimum Gasteiger partial charge on any atom is -0.507 e. The minimum absolute atomic E-state index is 0.171. The average Bonchev–Trinajstić information content (AvgIpc) is 3.33. The molecule has 0 saturated carbocycles. The molecule has 134 valence electrons. The van der Waals surface area contributed by atoms with E-state index >= 15 is 0 Å². The highest BCUT2D eigenvalue weighted by Gasteiger charge is 2.19. The number of phenols is 1. The highest BCUT2D eigenvalue weighted by molar-refractivity contribution is 5.51. The molecule has 7 nitrogen and oxygen atoms in total. The fourth-order valence-electron chi connectivity index (χ4n) is 3.01.